The third-order valence-corrected chi connectivity index (χ3v) is 3.98. The Balaban J connectivity index is 2.14. The first-order chi connectivity index (χ1) is 8.18. The van der Waals surface area contributed by atoms with Crippen molar-refractivity contribution in [1.29, 1.82) is 0 Å². The molecule has 0 saturated carbocycles. The zero-order chi connectivity index (χ0) is 12.3. The van der Waals surface area contributed by atoms with Gasteiger partial charge in [-0.05, 0) is 29.3 Å². The molecule has 0 aliphatic heterocycles. The van der Waals surface area contributed by atoms with Gasteiger partial charge in [0.2, 0.25) is 0 Å². The molecule has 0 aliphatic rings. The van der Waals surface area contributed by atoms with Gasteiger partial charge in [-0.1, -0.05) is 18.2 Å². The molecule has 1 heterocycles. The van der Waals surface area contributed by atoms with E-state index in [2.05, 4.69) is 22.8 Å². The molecule has 3 N–H and O–H groups in total. The number of thiophene rings is 1. The first-order valence-corrected chi connectivity index (χ1v) is 6.48. The van der Waals surface area contributed by atoms with E-state index in [1.54, 1.807) is 11.3 Å². The molecule has 4 heteroatoms. The summed E-state index contributed by atoms with van der Waals surface area (Å²) in [6.07, 6.45) is 0. The second kappa shape index (κ2) is 5.14. The predicted octanol–water partition coefficient (Wildman–Crippen LogP) is 1.73. The molecule has 17 heavy (non-hydrogen) atoms. The van der Waals surface area contributed by atoms with Gasteiger partial charge in [0.15, 0.2) is 0 Å². The van der Waals surface area contributed by atoms with Crippen LogP contribution in [-0.2, 0) is 6.54 Å². The zero-order valence-electron chi connectivity index (χ0n) is 9.81. The van der Waals surface area contributed by atoms with Gasteiger partial charge in [0, 0.05) is 11.2 Å². The Morgan fingerprint density at radius 2 is 1.94 bits per heavy atom. The van der Waals surface area contributed by atoms with Crippen molar-refractivity contribution >= 4 is 21.4 Å². The molecule has 2 rings (SSSR count). The summed E-state index contributed by atoms with van der Waals surface area (Å²) in [5, 5.41) is 25.0. The first kappa shape index (κ1) is 12.5. The van der Waals surface area contributed by atoms with Crippen molar-refractivity contribution in [3.05, 3.63) is 35.2 Å². The van der Waals surface area contributed by atoms with E-state index >= 15 is 0 Å². The second-order valence-corrected chi connectivity index (χ2v) is 5.40. The smallest absolute Gasteiger partial charge is 0.0633 e. The number of aliphatic hydroxyl groups excluding tert-OH is 2. The molecule has 1 aromatic heterocycles. The van der Waals surface area contributed by atoms with Crippen LogP contribution in [0.15, 0.2) is 29.6 Å². The summed E-state index contributed by atoms with van der Waals surface area (Å²) >= 11 is 1.71. The first-order valence-electron chi connectivity index (χ1n) is 5.60. The van der Waals surface area contributed by atoms with Crippen LogP contribution in [0.1, 0.15) is 12.5 Å². The molecule has 0 bridgehead atoms. The van der Waals surface area contributed by atoms with Crippen LogP contribution >= 0.6 is 11.3 Å². The Kier molecular flexibility index (Phi) is 3.79. The maximum atomic E-state index is 9.21. The minimum absolute atomic E-state index is 0.0778. The van der Waals surface area contributed by atoms with Crippen LogP contribution in [-0.4, -0.2) is 29.0 Å². The third kappa shape index (κ3) is 2.66. The molecule has 92 valence electrons. The van der Waals surface area contributed by atoms with Crippen LogP contribution in [0.25, 0.3) is 10.1 Å². The van der Waals surface area contributed by atoms with Crippen molar-refractivity contribution in [2.24, 2.45) is 0 Å². The minimum atomic E-state index is -0.622. The van der Waals surface area contributed by atoms with Crippen LogP contribution in [0.2, 0.25) is 0 Å². The fourth-order valence-corrected chi connectivity index (χ4v) is 2.60. The summed E-state index contributed by atoms with van der Waals surface area (Å²) in [4.78, 5) is 0. The third-order valence-electron chi connectivity index (χ3n) is 2.96. The van der Waals surface area contributed by atoms with Gasteiger partial charge in [0.05, 0.1) is 18.8 Å². The van der Waals surface area contributed by atoms with E-state index < -0.39 is 5.54 Å². The van der Waals surface area contributed by atoms with Crippen LogP contribution in [0.4, 0.5) is 0 Å². The van der Waals surface area contributed by atoms with E-state index in [1.165, 1.54) is 15.6 Å². The molecule has 0 atom stereocenters. The summed E-state index contributed by atoms with van der Waals surface area (Å²) in [7, 11) is 0. The molecule has 0 unspecified atom stereocenters. The van der Waals surface area contributed by atoms with E-state index in [9.17, 15) is 10.2 Å². The molecular formula is C13H17NO2S. The minimum Gasteiger partial charge on any atom is -0.394 e. The van der Waals surface area contributed by atoms with Gasteiger partial charge >= 0.3 is 0 Å². The molecule has 0 spiro atoms. The van der Waals surface area contributed by atoms with Crippen LogP contribution < -0.4 is 5.32 Å². The highest BCUT2D eigenvalue weighted by molar-refractivity contribution is 7.17. The van der Waals surface area contributed by atoms with Crippen molar-refractivity contribution in [3.63, 3.8) is 0 Å². The van der Waals surface area contributed by atoms with Crippen LogP contribution in [0.5, 0.6) is 0 Å². The average Bonchev–Trinajstić information content (AvgIpc) is 2.79. The molecule has 3 nitrogen and oxygen atoms in total. The molecule has 1 aromatic carbocycles. The lowest BCUT2D eigenvalue weighted by Gasteiger charge is -2.26. The van der Waals surface area contributed by atoms with Crippen molar-refractivity contribution in [3.8, 4) is 0 Å². The number of hydrogen-bond acceptors (Lipinski definition) is 4. The van der Waals surface area contributed by atoms with Gasteiger partial charge in [-0.2, -0.15) is 0 Å². The van der Waals surface area contributed by atoms with Crippen LogP contribution in [0, 0.1) is 0 Å². The normalized spacial score (nSPS) is 12.2. The number of aliphatic hydroxyl groups is 2. The lowest BCUT2D eigenvalue weighted by atomic mass is 10.0. The van der Waals surface area contributed by atoms with Gasteiger partial charge in [-0.3, -0.25) is 0 Å². The molecule has 0 amide bonds. The number of nitrogens with one attached hydrogen (secondary N) is 1. The van der Waals surface area contributed by atoms with Gasteiger partial charge in [0.25, 0.3) is 0 Å². The van der Waals surface area contributed by atoms with E-state index in [0.29, 0.717) is 6.54 Å². The summed E-state index contributed by atoms with van der Waals surface area (Å²) in [5.41, 5.74) is 0.585. The van der Waals surface area contributed by atoms with Gasteiger partial charge < -0.3 is 15.5 Å². The monoisotopic (exact) mass is 251 g/mol. The highest BCUT2D eigenvalue weighted by Crippen LogP contribution is 2.25. The number of hydrogen-bond donors (Lipinski definition) is 3. The van der Waals surface area contributed by atoms with Gasteiger partial charge in [-0.15, -0.1) is 11.3 Å². The van der Waals surface area contributed by atoms with E-state index in [1.807, 2.05) is 19.1 Å². The maximum Gasteiger partial charge on any atom is 0.0633 e. The number of benzene rings is 1. The van der Waals surface area contributed by atoms with Crippen molar-refractivity contribution < 1.29 is 10.2 Å². The van der Waals surface area contributed by atoms with E-state index in [0.717, 1.165) is 0 Å². The molecule has 0 radical (unpaired) electrons. The molecular weight excluding hydrogens is 234 g/mol. The molecule has 2 aromatic rings. The Labute approximate surface area is 105 Å². The summed E-state index contributed by atoms with van der Waals surface area (Å²) < 4.78 is 1.26. The summed E-state index contributed by atoms with van der Waals surface area (Å²) in [5.74, 6) is 0. The SMILES string of the molecule is CC(CO)(CO)NCc1csc2ccccc12. The quantitative estimate of drug-likeness (QED) is 0.758. The fraction of sp³-hybridized carbons (Fsp3) is 0.385. The topological polar surface area (TPSA) is 52.5 Å². The molecule has 0 aliphatic carbocycles. The Morgan fingerprint density at radius 3 is 2.65 bits per heavy atom. The Morgan fingerprint density at radius 1 is 1.24 bits per heavy atom. The Hall–Kier alpha value is -0.940. The van der Waals surface area contributed by atoms with Gasteiger partial charge in [-0.25, -0.2) is 0 Å². The largest absolute Gasteiger partial charge is 0.394 e. The average molecular weight is 251 g/mol. The fourth-order valence-electron chi connectivity index (χ4n) is 1.64. The lowest BCUT2D eigenvalue weighted by Crippen LogP contribution is -2.48. The molecule has 0 saturated heterocycles. The maximum absolute atomic E-state index is 9.21. The van der Waals surface area contributed by atoms with E-state index in [-0.39, 0.29) is 13.2 Å². The van der Waals surface area contributed by atoms with Crippen molar-refractivity contribution in [1.82, 2.24) is 5.32 Å². The summed E-state index contributed by atoms with van der Waals surface area (Å²) in [6.45, 7) is 2.31. The lowest BCUT2D eigenvalue weighted by molar-refractivity contribution is 0.103. The standard InChI is InChI=1S/C13H17NO2S/c1-13(8-15,9-16)14-6-10-7-17-12-5-3-2-4-11(10)12/h2-5,7,14-16H,6,8-9H2,1H3. The second-order valence-electron chi connectivity index (χ2n) is 4.49. The number of rotatable bonds is 5. The van der Waals surface area contributed by atoms with E-state index in [4.69, 9.17) is 0 Å². The highest BCUT2D eigenvalue weighted by atomic mass is 32.1. The predicted molar refractivity (Wildman–Crippen MR) is 71.2 cm³/mol. The number of fused-ring (bicyclic) bond motifs is 1. The molecule has 0 fully saturated rings. The highest BCUT2D eigenvalue weighted by Gasteiger charge is 2.21. The van der Waals surface area contributed by atoms with Crippen molar-refractivity contribution in [2.45, 2.75) is 19.0 Å². The summed E-state index contributed by atoms with van der Waals surface area (Å²) in [6, 6.07) is 8.25. The van der Waals surface area contributed by atoms with Crippen molar-refractivity contribution in [2.75, 3.05) is 13.2 Å². The van der Waals surface area contributed by atoms with Gasteiger partial charge in [0.1, 0.15) is 0 Å². The Bertz CT molecular complexity index is 491. The van der Waals surface area contributed by atoms with Crippen LogP contribution in [0.3, 0.4) is 0 Å². The zero-order valence-corrected chi connectivity index (χ0v) is 10.6.